The van der Waals surface area contributed by atoms with E-state index in [9.17, 15) is 9.59 Å². The average Bonchev–Trinajstić information content (AvgIpc) is 3.00. The van der Waals surface area contributed by atoms with Crippen LogP contribution in [0.3, 0.4) is 0 Å². The quantitative estimate of drug-likeness (QED) is 0.853. The van der Waals surface area contributed by atoms with Gasteiger partial charge in [-0.25, -0.2) is 0 Å². The largest absolute Gasteiger partial charge is 0.350 e. The summed E-state index contributed by atoms with van der Waals surface area (Å²) in [4.78, 5) is 27.8. The molecule has 1 aromatic carbocycles. The first-order valence-corrected chi connectivity index (χ1v) is 9.79. The van der Waals surface area contributed by atoms with Gasteiger partial charge >= 0.3 is 0 Å². The van der Waals surface area contributed by atoms with E-state index in [4.69, 9.17) is 0 Å². The molecule has 3 rings (SSSR count). The fourth-order valence-electron chi connectivity index (χ4n) is 3.21. The van der Waals surface area contributed by atoms with Crippen LogP contribution in [-0.2, 0) is 22.7 Å². The summed E-state index contributed by atoms with van der Waals surface area (Å²) in [5, 5.41) is 2.96. The van der Waals surface area contributed by atoms with Gasteiger partial charge in [-0.2, -0.15) is 0 Å². The van der Waals surface area contributed by atoms with Gasteiger partial charge in [0.2, 0.25) is 11.8 Å². The van der Waals surface area contributed by atoms with Crippen LogP contribution in [-0.4, -0.2) is 52.9 Å². The van der Waals surface area contributed by atoms with Gasteiger partial charge < -0.3 is 10.2 Å². The first-order chi connectivity index (χ1) is 11.7. The smallest absolute Gasteiger partial charge is 0.239 e. The van der Waals surface area contributed by atoms with Gasteiger partial charge in [-0.15, -0.1) is 11.8 Å². The number of benzene rings is 1. The fourth-order valence-corrected chi connectivity index (χ4v) is 4.11. The number of rotatable bonds is 6. The van der Waals surface area contributed by atoms with Crippen molar-refractivity contribution in [3.63, 3.8) is 0 Å². The highest BCUT2D eigenvalue weighted by Crippen LogP contribution is 2.16. The van der Waals surface area contributed by atoms with E-state index in [1.165, 1.54) is 30.4 Å². The van der Waals surface area contributed by atoms with Crippen molar-refractivity contribution in [2.24, 2.45) is 0 Å². The van der Waals surface area contributed by atoms with Gasteiger partial charge in [0.1, 0.15) is 6.54 Å². The molecule has 24 heavy (non-hydrogen) atoms. The minimum Gasteiger partial charge on any atom is -0.350 e. The number of thioether (sulfide) groups is 1. The molecule has 6 heteroatoms. The highest BCUT2D eigenvalue weighted by atomic mass is 32.2. The molecule has 2 aliphatic heterocycles. The molecule has 0 saturated carbocycles. The molecule has 0 aliphatic carbocycles. The molecule has 0 unspecified atom stereocenters. The van der Waals surface area contributed by atoms with Gasteiger partial charge in [0, 0.05) is 13.1 Å². The third-order valence-electron chi connectivity index (χ3n) is 4.60. The molecule has 1 aromatic rings. The van der Waals surface area contributed by atoms with Gasteiger partial charge in [-0.1, -0.05) is 30.7 Å². The Balaban J connectivity index is 1.52. The normalized spacial score (nSPS) is 18.8. The van der Waals surface area contributed by atoms with E-state index in [1.807, 2.05) is 6.07 Å². The Morgan fingerprint density at radius 1 is 1.12 bits per heavy atom. The number of amides is 2. The van der Waals surface area contributed by atoms with Gasteiger partial charge in [0.05, 0.1) is 11.6 Å². The summed E-state index contributed by atoms with van der Waals surface area (Å²) in [6.45, 7) is 3.97. The van der Waals surface area contributed by atoms with Crippen LogP contribution in [0.4, 0.5) is 0 Å². The number of nitrogens with zero attached hydrogens (tertiary/aromatic N) is 2. The molecular weight excluding hydrogens is 322 g/mol. The Hall–Kier alpha value is -1.53. The molecule has 0 bridgehead atoms. The van der Waals surface area contributed by atoms with Crippen molar-refractivity contribution in [3.8, 4) is 0 Å². The molecule has 0 aromatic heterocycles. The summed E-state index contributed by atoms with van der Waals surface area (Å²) < 4.78 is 0. The van der Waals surface area contributed by atoms with Crippen molar-refractivity contribution >= 4 is 23.6 Å². The van der Waals surface area contributed by atoms with E-state index in [0.29, 0.717) is 18.2 Å². The summed E-state index contributed by atoms with van der Waals surface area (Å²) in [5.74, 6) is 1.09. The third-order valence-corrected chi connectivity index (χ3v) is 5.54. The molecule has 2 heterocycles. The van der Waals surface area contributed by atoms with E-state index < -0.39 is 0 Å². The van der Waals surface area contributed by atoms with Crippen LogP contribution in [0.5, 0.6) is 0 Å². The molecular formula is C18H25N3O2S. The zero-order valence-electron chi connectivity index (χ0n) is 14.0. The molecule has 130 valence electrons. The molecule has 0 spiro atoms. The summed E-state index contributed by atoms with van der Waals surface area (Å²) in [6.07, 6.45) is 3.89. The summed E-state index contributed by atoms with van der Waals surface area (Å²) >= 11 is 1.56. The van der Waals surface area contributed by atoms with E-state index in [-0.39, 0.29) is 18.4 Å². The van der Waals surface area contributed by atoms with Gasteiger partial charge in [0.25, 0.3) is 0 Å². The number of hydrogen-bond acceptors (Lipinski definition) is 4. The zero-order chi connectivity index (χ0) is 16.8. The molecule has 2 amide bonds. The number of hydrogen-bond donors (Lipinski definition) is 1. The van der Waals surface area contributed by atoms with Crippen molar-refractivity contribution in [3.05, 3.63) is 35.4 Å². The first-order valence-electron chi connectivity index (χ1n) is 8.64. The van der Waals surface area contributed by atoms with E-state index in [0.717, 1.165) is 19.6 Å². The first kappa shape index (κ1) is 17.3. The van der Waals surface area contributed by atoms with E-state index in [1.54, 1.807) is 16.7 Å². The Morgan fingerprint density at radius 3 is 2.58 bits per heavy atom. The van der Waals surface area contributed by atoms with E-state index >= 15 is 0 Å². The number of carbonyl (C=O) groups is 2. The highest BCUT2D eigenvalue weighted by Gasteiger charge is 2.22. The third kappa shape index (κ3) is 4.74. The topological polar surface area (TPSA) is 52.7 Å². The van der Waals surface area contributed by atoms with Gasteiger partial charge in [0.15, 0.2) is 0 Å². The van der Waals surface area contributed by atoms with Crippen LogP contribution in [0.15, 0.2) is 24.3 Å². The van der Waals surface area contributed by atoms with Crippen molar-refractivity contribution in [1.29, 1.82) is 0 Å². The lowest BCUT2D eigenvalue weighted by Crippen LogP contribution is -2.38. The SMILES string of the molecule is O=C(CN1CSCC1=O)NCc1ccccc1CN1CCCCC1. The predicted octanol–water partition coefficient (Wildman–Crippen LogP) is 1.82. The second kappa shape index (κ2) is 8.53. The van der Waals surface area contributed by atoms with Gasteiger partial charge in [-0.05, 0) is 37.1 Å². The van der Waals surface area contributed by atoms with Crippen LogP contribution in [0.2, 0.25) is 0 Å². The minimum absolute atomic E-state index is 0.0562. The maximum Gasteiger partial charge on any atom is 0.239 e. The van der Waals surface area contributed by atoms with Crippen molar-refractivity contribution in [2.75, 3.05) is 31.3 Å². The summed E-state index contributed by atoms with van der Waals surface area (Å²) in [6, 6.07) is 8.31. The van der Waals surface area contributed by atoms with Crippen LogP contribution >= 0.6 is 11.8 Å². The lowest BCUT2D eigenvalue weighted by atomic mass is 10.0. The Labute approximate surface area is 147 Å². The Kier molecular flexibility index (Phi) is 6.15. The predicted molar refractivity (Wildman–Crippen MR) is 96.5 cm³/mol. The second-order valence-electron chi connectivity index (χ2n) is 6.45. The summed E-state index contributed by atoms with van der Waals surface area (Å²) in [7, 11) is 0. The monoisotopic (exact) mass is 347 g/mol. The molecule has 0 radical (unpaired) electrons. The number of nitrogens with one attached hydrogen (secondary N) is 1. The molecule has 2 saturated heterocycles. The molecule has 2 fully saturated rings. The number of carbonyl (C=O) groups excluding carboxylic acids is 2. The maximum atomic E-state index is 12.1. The lowest BCUT2D eigenvalue weighted by molar-refractivity contribution is -0.132. The summed E-state index contributed by atoms with van der Waals surface area (Å²) in [5.41, 5.74) is 2.45. The zero-order valence-corrected chi connectivity index (χ0v) is 14.8. The maximum absolute atomic E-state index is 12.1. The molecule has 2 aliphatic rings. The molecule has 0 atom stereocenters. The highest BCUT2D eigenvalue weighted by molar-refractivity contribution is 8.00. The van der Waals surface area contributed by atoms with Crippen LogP contribution in [0, 0.1) is 0 Å². The van der Waals surface area contributed by atoms with Crippen molar-refractivity contribution in [2.45, 2.75) is 32.4 Å². The Bertz CT molecular complexity index is 587. The molecule has 1 N–H and O–H groups in total. The van der Waals surface area contributed by atoms with Crippen molar-refractivity contribution < 1.29 is 9.59 Å². The Morgan fingerprint density at radius 2 is 1.88 bits per heavy atom. The number of likely N-dealkylation sites (tertiary alicyclic amines) is 1. The minimum atomic E-state index is -0.0846. The van der Waals surface area contributed by atoms with E-state index in [2.05, 4.69) is 28.4 Å². The fraction of sp³-hybridized carbons (Fsp3) is 0.556. The van der Waals surface area contributed by atoms with Gasteiger partial charge in [-0.3, -0.25) is 14.5 Å². The standard InChI is InChI=1S/C18H25N3O2S/c22-17(12-21-14-24-13-18(21)23)19-10-15-6-2-3-7-16(15)11-20-8-4-1-5-9-20/h2-3,6-7H,1,4-5,8-14H2,(H,19,22). The lowest BCUT2D eigenvalue weighted by Gasteiger charge is -2.27. The van der Waals surface area contributed by atoms with Crippen molar-refractivity contribution in [1.82, 2.24) is 15.1 Å². The average molecular weight is 347 g/mol. The van der Waals surface area contributed by atoms with Crippen LogP contribution in [0.25, 0.3) is 0 Å². The van der Waals surface area contributed by atoms with Crippen LogP contribution < -0.4 is 5.32 Å². The van der Waals surface area contributed by atoms with Crippen LogP contribution in [0.1, 0.15) is 30.4 Å². The molecule has 5 nitrogen and oxygen atoms in total. The second-order valence-corrected chi connectivity index (χ2v) is 7.41. The number of piperidine rings is 1.